The Balaban J connectivity index is 3.23. The SMILES string of the molecule is N#Cc1nnc(F)cc1F. The lowest BCUT2D eigenvalue weighted by atomic mass is 10.4. The molecule has 10 heavy (non-hydrogen) atoms. The van der Waals surface area contributed by atoms with Crippen LogP contribution in [0.4, 0.5) is 8.78 Å². The van der Waals surface area contributed by atoms with Gasteiger partial charge in [-0.3, -0.25) is 0 Å². The van der Waals surface area contributed by atoms with Crippen LogP contribution in [0.1, 0.15) is 5.69 Å². The van der Waals surface area contributed by atoms with E-state index < -0.39 is 17.5 Å². The summed E-state index contributed by atoms with van der Waals surface area (Å²) in [5.74, 6) is -2.02. The highest BCUT2D eigenvalue weighted by atomic mass is 19.1. The lowest BCUT2D eigenvalue weighted by Gasteiger charge is -1.87. The minimum atomic E-state index is -1.03. The van der Waals surface area contributed by atoms with Gasteiger partial charge in [0.1, 0.15) is 6.07 Å². The summed E-state index contributed by atoms with van der Waals surface area (Å²) in [7, 11) is 0. The fraction of sp³-hybridized carbons (Fsp3) is 0. The second-order valence-corrected chi connectivity index (χ2v) is 1.48. The summed E-state index contributed by atoms with van der Waals surface area (Å²) in [6.07, 6.45) is 0. The molecule has 0 amide bonds. The van der Waals surface area contributed by atoms with Crippen LogP contribution in [0.2, 0.25) is 0 Å². The summed E-state index contributed by atoms with van der Waals surface area (Å²) >= 11 is 0. The van der Waals surface area contributed by atoms with Gasteiger partial charge in [0.25, 0.3) is 0 Å². The molecule has 1 heterocycles. The zero-order chi connectivity index (χ0) is 7.56. The standard InChI is InChI=1S/C5HF2N3/c6-3-1-5(7)10-9-4(3)2-8/h1H. The van der Waals surface area contributed by atoms with Crippen molar-refractivity contribution >= 4 is 0 Å². The van der Waals surface area contributed by atoms with Crippen LogP contribution in [0.25, 0.3) is 0 Å². The molecule has 3 nitrogen and oxygen atoms in total. The number of halogens is 2. The zero-order valence-corrected chi connectivity index (χ0v) is 4.67. The molecule has 1 aromatic rings. The van der Waals surface area contributed by atoms with E-state index in [1.54, 1.807) is 0 Å². The fourth-order valence-electron chi connectivity index (χ4n) is 0.423. The number of rotatable bonds is 0. The lowest BCUT2D eigenvalue weighted by Crippen LogP contribution is -1.95. The molecular weight excluding hydrogens is 140 g/mol. The summed E-state index contributed by atoms with van der Waals surface area (Å²) in [6, 6.07) is 1.91. The highest BCUT2D eigenvalue weighted by Gasteiger charge is 2.03. The van der Waals surface area contributed by atoms with Crippen molar-refractivity contribution in [2.24, 2.45) is 0 Å². The molecule has 0 fully saturated rings. The van der Waals surface area contributed by atoms with Gasteiger partial charge in [-0.15, -0.1) is 10.2 Å². The second-order valence-electron chi connectivity index (χ2n) is 1.48. The maximum absolute atomic E-state index is 12.3. The summed E-state index contributed by atoms with van der Waals surface area (Å²) < 4.78 is 24.2. The average Bonchev–Trinajstić information content (AvgIpc) is 1.88. The summed E-state index contributed by atoms with van der Waals surface area (Å²) in [5, 5.41) is 13.9. The highest BCUT2D eigenvalue weighted by Crippen LogP contribution is 2.00. The van der Waals surface area contributed by atoms with E-state index in [4.69, 9.17) is 5.26 Å². The van der Waals surface area contributed by atoms with Crippen molar-refractivity contribution in [1.82, 2.24) is 10.2 Å². The van der Waals surface area contributed by atoms with Gasteiger partial charge in [-0.1, -0.05) is 0 Å². The van der Waals surface area contributed by atoms with E-state index in [1.807, 2.05) is 0 Å². The first-order chi connectivity index (χ1) is 4.74. The Hall–Kier alpha value is -1.57. The van der Waals surface area contributed by atoms with E-state index in [0.29, 0.717) is 6.07 Å². The van der Waals surface area contributed by atoms with E-state index >= 15 is 0 Å². The van der Waals surface area contributed by atoms with Crippen LogP contribution in [-0.2, 0) is 0 Å². The number of nitriles is 1. The number of hydrogen-bond donors (Lipinski definition) is 0. The Morgan fingerprint density at radius 3 is 2.60 bits per heavy atom. The van der Waals surface area contributed by atoms with E-state index in [1.165, 1.54) is 6.07 Å². The quantitative estimate of drug-likeness (QED) is 0.532. The van der Waals surface area contributed by atoms with Crippen molar-refractivity contribution < 1.29 is 8.78 Å². The van der Waals surface area contributed by atoms with Crippen molar-refractivity contribution in [3.63, 3.8) is 0 Å². The van der Waals surface area contributed by atoms with Crippen LogP contribution in [0.5, 0.6) is 0 Å². The van der Waals surface area contributed by atoms with E-state index in [9.17, 15) is 8.78 Å². The van der Waals surface area contributed by atoms with Gasteiger partial charge in [0.2, 0.25) is 5.95 Å². The fourth-order valence-corrected chi connectivity index (χ4v) is 0.423. The van der Waals surface area contributed by atoms with Gasteiger partial charge in [0.05, 0.1) is 0 Å². The minimum Gasteiger partial charge on any atom is -0.204 e. The molecule has 50 valence electrons. The number of nitrogens with zero attached hydrogens (tertiary/aromatic N) is 3. The molecule has 0 N–H and O–H groups in total. The maximum atomic E-state index is 12.3. The summed E-state index contributed by atoms with van der Waals surface area (Å²) in [4.78, 5) is 0. The first kappa shape index (κ1) is 6.55. The molecule has 0 bridgehead atoms. The van der Waals surface area contributed by atoms with Crippen LogP contribution in [-0.4, -0.2) is 10.2 Å². The third kappa shape index (κ3) is 1.05. The van der Waals surface area contributed by atoms with Gasteiger partial charge in [0, 0.05) is 6.07 Å². The Morgan fingerprint density at radius 1 is 1.40 bits per heavy atom. The number of aromatic nitrogens is 2. The molecule has 0 atom stereocenters. The third-order valence-electron chi connectivity index (χ3n) is 0.823. The second kappa shape index (κ2) is 2.35. The largest absolute Gasteiger partial charge is 0.236 e. The topological polar surface area (TPSA) is 49.6 Å². The smallest absolute Gasteiger partial charge is 0.204 e. The van der Waals surface area contributed by atoms with Crippen LogP contribution in [0.3, 0.4) is 0 Å². The molecule has 0 saturated heterocycles. The van der Waals surface area contributed by atoms with Gasteiger partial charge in [-0.05, 0) is 0 Å². The molecule has 0 spiro atoms. The van der Waals surface area contributed by atoms with Gasteiger partial charge < -0.3 is 0 Å². The van der Waals surface area contributed by atoms with Crippen LogP contribution in [0.15, 0.2) is 6.07 Å². The normalized spacial score (nSPS) is 8.90. The molecule has 0 aromatic carbocycles. The highest BCUT2D eigenvalue weighted by molar-refractivity contribution is 5.18. The molecule has 0 radical (unpaired) electrons. The predicted octanol–water partition coefficient (Wildman–Crippen LogP) is 0.626. The molecule has 1 rings (SSSR count). The molecule has 0 unspecified atom stereocenters. The Morgan fingerprint density at radius 2 is 2.10 bits per heavy atom. The van der Waals surface area contributed by atoms with Crippen LogP contribution < -0.4 is 0 Å². The van der Waals surface area contributed by atoms with E-state index in [-0.39, 0.29) is 0 Å². The molecule has 0 aliphatic rings. The van der Waals surface area contributed by atoms with Gasteiger partial charge >= 0.3 is 0 Å². The van der Waals surface area contributed by atoms with Gasteiger partial charge in [-0.2, -0.15) is 9.65 Å². The monoisotopic (exact) mass is 141 g/mol. The predicted molar refractivity (Wildman–Crippen MR) is 26.7 cm³/mol. The zero-order valence-electron chi connectivity index (χ0n) is 4.67. The first-order valence-corrected chi connectivity index (χ1v) is 2.33. The first-order valence-electron chi connectivity index (χ1n) is 2.33. The Labute approximate surface area is 54.9 Å². The molecule has 5 heteroatoms. The average molecular weight is 141 g/mol. The van der Waals surface area contributed by atoms with Crippen molar-refractivity contribution in [3.05, 3.63) is 23.5 Å². The van der Waals surface area contributed by atoms with Gasteiger partial charge in [0.15, 0.2) is 11.5 Å². The Bertz CT molecular complexity index is 291. The summed E-state index contributed by atoms with van der Waals surface area (Å²) in [6.45, 7) is 0. The summed E-state index contributed by atoms with van der Waals surface area (Å²) in [5.41, 5.74) is -0.499. The van der Waals surface area contributed by atoms with Crippen molar-refractivity contribution in [1.29, 1.82) is 5.26 Å². The van der Waals surface area contributed by atoms with Crippen molar-refractivity contribution in [3.8, 4) is 6.07 Å². The van der Waals surface area contributed by atoms with Crippen LogP contribution in [0, 0.1) is 23.1 Å². The van der Waals surface area contributed by atoms with E-state index in [2.05, 4.69) is 10.2 Å². The maximum Gasteiger partial charge on any atom is 0.236 e. The van der Waals surface area contributed by atoms with E-state index in [0.717, 1.165) is 0 Å². The molecular formula is C5HF2N3. The van der Waals surface area contributed by atoms with Gasteiger partial charge in [-0.25, -0.2) is 4.39 Å². The molecule has 1 aromatic heterocycles. The number of hydrogen-bond acceptors (Lipinski definition) is 3. The molecule has 0 aliphatic carbocycles. The van der Waals surface area contributed by atoms with Crippen molar-refractivity contribution in [2.45, 2.75) is 0 Å². The Kier molecular flexibility index (Phi) is 1.54. The minimum absolute atomic E-state index is 0.499. The lowest BCUT2D eigenvalue weighted by molar-refractivity contribution is 0.525. The van der Waals surface area contributed by atoms with Crippen molar-refractivity contribution in [2.75, 3.05) is 0 Å². The van der Waals surface area contributed by atoms with Crippen LogP contribution >= 0.6 is 0 Å². The molecule has 0 saturated carbocycles. The molecule has 0 aliphatic heterocycles. The third-order valence-corrected chi connectivity index (χ3v) is 0.823.